The average molecular weight is 325 g/mol. The summed E-state index contributed by atoms with van der Waals surface area (Å²) in [5, 5.41) is 17.3. The Morgan fingerprint density at radius 3 is 2.04 bits per heavy atom. The van der Waals surface area contributed by atoms with Crippen molar-refractivity contribution in [2.75, 3.05) is 6.54 Å². The van der Waals surface area contributed by atoms with E-state index in [9.17, 15) is 14.4 Å². The lowest BCUT2D eigenvalue weighted by atomic mass is 9.86. The highest BCUT2D eigenvalue weighted by molar-refractivity contribution is 5.84. The van der Waals surface area contributed by atoms with Gasteiger partial charge in [0.1, 0.15) is 0 Å². The van der Waals surface area contributed by atoms with Gasteiger partial charge in [0.25, 0.3) is 0 Å². The number of aliphatic carboxylic acids is 1. The van der Waals surface area contributed by atoms with E-state index in [4.69, 9.17) is 5.11 Å². The molecular weight excluding hydrogens is 298 g/mol. The van der Waals surface area contributed by atoms with Crippen LogP contribution < -0.4 is 16.0 Å². The van der Waals surface area contributed by atoms with Crippen molar-refractivity contribution in [1.29, 1.82) is 0 Å². The van der Waals surface area contributed by atoms with E-state index in [2.05, 4.69) is 16.0 Å². The molecule has 0 bridgehead atoms. The van der Waals surface area contributed by atoms with Crippen molar-refractivity contribution in [3.63, 3.8) is 0 Å². The summed E-state index contributed by atoms with van der Waals surface area (Å²) < 4.78 is 0. The maximum Gasteiger partial charge on any atom is 0.315 e. The van der Waals surface area contributed by atoms with Crippen LogP contribution in [0.5, 0.6) is 0 Å². The van der Waals surface area contributed by atoms with Crippen LogP contribution in [0.25, 0.3) is 0 Å². The van der Waals surface area contributed by atoms with Gasteiger partial charge in [-0.05, 0) is 38.5 Å². The second-order valence-corrected chi connectivity index (χ2v) is 6.62. The molecule has 0 atom stereocenters. The SMILES string of the molecule is O=C(CNC(=O)NC1CCCCC1)NC1CCC(C(=O)O)CC1. The van der Waals surface area contributed by atoms with Crippen molar-refractivity contribution in [2.24, 2.45) is 5.92 Å². The van der Waals surface area contributed by atoms with E-state index in [-0.39, 0.29) is 36.5 Å². The Morgan fingerprint density at radius 2 is 1.43 bits per heavy atom. The van der Waals surface area contributed by atoms with Crippen molar-refractivity contribution in [3.8, 4) is 0 Å². The van der Waals surface area contributed by atoms with Crippen LogP contribution >= 0.6 is 0 Å². The van der Waals surface area contributed by atoms with Crippen LogP contribution in [0.2, 0.25) is 0 Å². The maximum atomic E-state index is 11.9. The molecule has 2 fully saturated rings. The van der Waals surface area contributed by atoms with E-state index in [1.54, 1.807) is 0 Å². The third kappa shape index (κ3) is 6.08. The van der Waals surface area contributed by atoms with Crippen molar-refractivity contribution in [1.82, 2.24) is 16.0 Å². The van der Waals surface area contributed by atoms with Crippen LogP contribution in [0, 0.1) is 5.92 Å². The van der Waals surface area contributed by atoms with Gasteiger partial charge in [0, 0.05) is 12.1 Å². The smallest absolute Gasteiger partial charge is 0.315 e. The summed E-state index contributed by atoms with van der Waals surface area (Å²) in [6.07, 6.45) is 8.07. The number of carbonyl (C=O) groups is 3. The monoisotopic (exact) mass is 325 g/mol. The molecule has 2 aliphatic carbocycles. The molecule has 0 radical (unpaired) electrons. The first-order valence-electron chi connectivity index (χ1n) is 8.61. The summed E-state index contributed by atoms with van der Waals surface area (Å²) in [5.74, 6) is -1.26. The van der Waals surface area contributed by atoms with Gasteiger partial charge in [-0.15, -0.1) is 0 Å². The molecule has 130 valence electrons. The Bertz CT molecular complexity index is 427. The third-order valence-corrected chi connectivity index (χ3v) is 4.79. The summed E-state index contributed by atoms with van der Waals surface area (Å²) in [6.45, 7) is -0.0442. The molecule has 0 heterocycles. The van der Waals surface area contributed by atoms with Crippen molar-refractivity contribution >= 4 is 17.9 Å². The molecule has 23 heavy (non-hydrogen) atoms. The standard InChI is InChI=1S/C16H27N3O4/c20-14(18-13-8-6-11(7-9-13)15(21)22)10-17-16(23)19-12-4-2-1-3-5-12/h11-13H,1-10H2,(H,18,20)(H,21,22)(H2,17,19,23). The maximum absolute atomic E-state index is 11.9. The summed E-state index contributed by atoms with van der Waals surface area (Å²) in [5.41, 5.74) is 0. The molecule has 0 spiro atoms. The zero-order valence-corrected chi connectivity index (χ0v) is 13.5. The van der Waals surface area contributed by atoms with Crippen LogP contribution in [0.4, 0.5) is 4.79 Å². The zero-order valence-electron chi connectivity index (χ0n) is 13.5. The molecular formula is C16H27N3O4. The lowest BCUT2D eigenvalue weighted by Crippen LogP contribution is -2.48. The molecule has 0 unspecified atom stereocenters. The predicted molar refractivity (Wildman–Crippen MR) is 84.9 cm³/mol. The molecule has 7 nitrogen and oxygen atoms in total. The molecule has 2 saturated carbocycles. The van der Waals surface area contributed by atoms with E-state index in [1.807, 2.05) is 0 Å². The highest BCUT2D eigenvalue weighted by atomic mass is 16.4. The Morgan fingerprint density at radius 1 is 0.826 bits per heavy atom. The van der Waals surface area contributed by atoms with Gasteiger partial charge in [-0.3, -0.25) is 9.59 Å². The average Bonchev–Trinajstić information content (AvgIpc) is 2.54. The number of nitrogens with one attached hydrogen (secondary N) is 3. The van der Waals surface area contributed by atoms with Gasteiger partial charge >= 0.3 is 12.0 Å². The lowest BCUT2D eigenvalue weighted by Gasteiger charge is -2.27. The van der Waals surface area contributed by atoms with Gasteiger partial charge in [-0.1, -0.05) is 19.3 Å². The van der Waals surface area contributed by atoms with Gasteiger partial charge in [-0.2, -0.15) is 0 Å². The number of carboxylic acid groups (broad SMARTS) is 1. The van der Waals surface area contributed by atoms with Crippen LogP contribution in [-0.4, -0.2) is 41.6 Å². The molecule has 0 aromatic heterocycles. The predicted octanol–water partition coefficient (Wildman–Crippen LogP) is 1.38. The quantitative estimate of drug-likeness (QED) is 0.612. The molecule has 0 aliphatic heterocycles. The fourth-order valence-corrected chi connectivity index (χ4v) is 3.41. The molecule has 0 aromatic rings. The largest absolute Gasteiger partial charge is 0.481 e. The van der Waals surface area contributed by atoms with Crippen LogP contribution in [0.1, 0.15) is 57.8 Å². The molecule has 4 N–H and O–H groups in total. The zero-order chi connectivity index (χ0) is 16.7. The first kappa shape index (κ1) is 17.6. The van der Waals surface area contributed by atoms with E-state index in [0.717, 1.165) is 25.7 Å². The molecule has 3 amide bonds. The van der Waals surface area contributed by atoms with Crippen molar-refractivity contribution in [2.45, 2.75) is 69.9 Å². The highest BCUT2D eigenvalue weighted by Gasteiger charge is 2.26. The number of hydrogen-bond donors (Lipinski definition) is 4. The summed E-state index contributed by atoms with van der Waals surface area (Å²) in [6, 6.07) is -0.0546. The normalized spacial score (nSPS) is 25.4. The topological polar surface area (TPSA) is 108 Å². The van der Waals surface area contributed by atoms with Gasteiger partial charge in [0.15, 0.2) is 0 Å². The van der Waals surface area contributed by atoms with Crippen molar-refractivity contribution in [3.05, 3.63) is 0 Å². The number of urea groups is 1. The minimum absolute atomic E-state index is 0.0151. The van der Waals surface area contributed by atoms with Gasteiger partial charge < -0.3 is 21.1 Å². The fraction of sp³-hybridized carbons (Fsp3) is 0.812. The van der Waals surface area contributed by atoms with E-state index in [0.29, 0.717) is 25.7 Å². The highest BCUT2D eigenvalue weighted by Crippen LogP contribution is 2.24. The lowest BCUT2D eigenvalue weighted by molar-refractivity contribution is -0.142. The molecule has 2 rings (SSSR count). The van der Waals surface area contributed by atoms with Gasteiger partial charge in [-0.25, -0.2) is 4.79 Å². The minimum Gasteiger partial charge on any atom is -0.481 e. The summed E-state index contributed by atoms with van der Waals surface area (Å²) in [7, 11) is 0. The third-order valence-electron chi connectivity index (χ3n) is 4.79. The Hall–Kier alpha value is -1.79. The first-order chi connectivity index (χ1) is 11.0. The molecule has 2 aliphatic rings. The molecule has 0 saturated heterocycles. The van der Waals surface area contributed by atoms with E-state index >= 15 is 0 Å². The Balaban J connectivity index is 1.59. The summed E-state index contributed by atoms with van der Waals surface area (Å²) in [4.78, 5) is 34.5. The van der Waals surface area contributed by atoms with E-state index < -0.39 is 5.97 Å². The van der Waals surface area contributed by atoms with Gasteiger partial charge in [0.2, 0.25) is 5.91 Å². The summed E-state index contributed by atoms with van der Waals surface area (Å²) >= 11 is 0. The molecule has 0 aromatic carbocycles. The number of amides is 3. The Labute approximate surface area is 136 Å². The number of rotatable bonds is 5. The number of carboxylic acids is 1. The Kier molecular flexibility index (Phi) is 6.67. The molecule has 7 heteroatoms. The fourth-order valence-electron chi connectivity index (χ4n) is 3.41. The van der Waals surface area contributed by atoms with Crippen LogP contribution in [0.3, 0.4) is 0 Å². The van der Waals surface area contributed by atoms with Crippen LogP contribution in [0.15, 0.2) is 0 Å². The van der Waals surface area contributed by atoms with Gasteiger partial charge in [0.05, 0.1) is 12.5 Å². The van der Waals surface area contributed by atoms with Crippen molar-refractivity contribution < 1.29 is 19.5 Å². The second kappa shape index (κ2) is 8.74. The number of carbonyl (C=O) groups excluding carboxylic acids is 2. The first-order valence-corrected chi connectivity index (χ1v) is 8.61. The minimum atomic E-state index is -0.754. The van der Waals surface area contributed by atoms with E-state index in [1.165, 1.54) is 6.42 Å². The number of hydrogen-bond acceptors (Lipinski definition) is 3. The van der Waals surface area contributed by atoms with Crippen LogP contribution in [-0.2, 0) is 9.59 Å². The second-order valence-electron chi connectivity index (χ2n) is 6.62.